The molecular formula is C16H12ClF4N3O. The molecule has 1 atom stereocenters. The van der Waals surface area contributed by atoms with Gasteiger partial charge in [-0.3, -0.25) is 4.98 Å². The molecule has 2 aromatic rings. The van der Waals surface area contributed by atoms with E-state index in [0.29, 0.717) is 6.07 Å². The number of amidine groups is 1. The van der Waals surface area contributed by atoms with E-state index in [1.807, 2.05) is 0 Å². The van der Waals surface area contributed by atoms with E-state index in [-0.39, 0.29) is 16.1 Å². The first kappa shape index (κ1) is 17.5. The van der Waals surface area contributed by atoms with E-state index in [1.165, 1.54) is 18.5 Å². The van der Waals surface area contributed by atoms with Crippen molar-refractivity contribution in [3.63, 3.8) is 0 Å². The van der Waals surface area contributed by atoms with Gasteiger partial charge in [-0.2, -0.15) is 8.78 Å². The third kappa shape index (κ3) is 2.90. The number of nitrogens with two attached hydrogens (primary N) is 1. The monoisotopic (exact) mass is 373 g/mol. The molecule has 25 heavy (non-hydrogen) atoms. The van der Waals surface area contributed by atoms with Gasteiger partial charge in [0.1, 0.15) is 18.2 Å². The van der Waals surface area contributed by atoms with Gasteiger partial charge in [0.25, 0.3) is 6.02 Å². The molecule has 0 unspecified atom stereocenters. The lowest BCUT2D eigenvalue weighted by Gasteiger charge is -2.39. The average Bonchev–Trinajstić information content (AvgIpc) is 2.51. The van der Waals surface area contributed by atoms with Gasteiger partial charge in [0, 0.05) is 35.2 Å². The van der Waals surface area contributed by atoms with Crippen molar-refractivity contribution in [3.05, 3.63) is 52.8 Å². The molecule has 2 heterocycles. The van der Waals surface area contributed by atoms with Crippen LogP contribution in [0.5, 0.6) is 0 Å². The van der Waals surface area contributed by atoms with Crippen molar-refractivity contribution in [1.29, 1.82) is 0 Å². The van der Waals surface area contributed by atoms with Gasteiger partial charge in [0.15, 0.2) is 0 Å². The van der Waals surface area contributed by atoms with Crippen LogP contribution in [0.1, 0.15) is 12.5 Å². The van der Waals surface area contributed by atoms with Crippen molar-refractivity contribution >= 4 is 17.6 Å². The number of halogens is 5. The minimum Gasteiger partial charge on any atom is -0.448 e. The highest BCUT2D eigenvalue weighted by atomic mass is 35.5. The predicted octanol–water partition coefficient (Wildman–Crippen LogP) is 3.88. The van der Waals surface area contributed by atoms with Crippen molar-refractivity contribution in [2.75, 3.05) is 6.54 Å². The highest BCUT2D eigenvalue weighted by Gasteiger charge is 2.57. The second kappa shape index (κ2) is 5.87. The molecule has 1 aromatic carbocycles. The van der Waals surface area contributed by atoms with E-state index in [2.05, 4.69) is 9.98 Å². The molecule has 0 radical (unpaired) electrons. The molecule has 1 aliphatic rings. The number of nitrogens with zero attached hydrogens (tertiary/aromatic N) is 2. The molecule has 0 fully saturated rings. The molecule has 0 bridgehead atoms. The first-order valence-corrected chi connectivity index (χ1v) is 7.49. The molecule has 1 aromatic heterocycles. The van der Waals surface area contributed by atoms with Gasteiger partial charge in [-0.15, -0.1) is 0 Å². The second-order valence-electron chi connectivity index (χ2n) is 5.70. The topological polar surface area (TPSA) is 60.5 Å². The van der Waals surface area contributed by atoms with Crippen molar-refractivity contribution in [2.45, 2.75) is 18.4 Å². The molecular weight excluding hydrogens is 362 g/mol. The number of hydrogen-bond acceptors (Lipinski definition) is 4. The number of pyridine rings is 1. The van der Waals surface area contributed by atoms with E-state index in [4.69, 9.17) is 22.1 Å². The zero-order valence-electron chi connectivity index (χ0n) is 12.9. The van der Waals surface area contributed by atoms with Gasteiger partial charge in [-0.25, -0.2) is 13.8 Å². The summed E-state index contributed by atoms with van der Waals surface area (Å²) in [4.78, 5) is 7.15. The third-order valence-electron chi connectivity index (χ3n) is 4.03. The number of alkyl halides is 2. The van der Waals surface area contributed by atoms with Gasteiger partial charge >= 0.3 is 5.92 Å². The maximum atomic E-state index is 14.4. The van der Waals surface area contributed by atoms with Gasteiger partial charge in [0.2, 0.25) is 5.60 Å². The normalized spacial score (nSPS) is 22.2. The second-order valence-corrected chi connectivity index (χ2v) is 6.13. The smallest absolute Gasteiger partial charge is 0.310 e. The summed E-state index contributed by atoms with van der Waals surface area (Å²) in [5.41, 5.74) is 2.45. The first-order valence-electron chi connectivity index (χ1n) is 7.11. The Balaban J connectivity index is 2.21. The molecule has 1 aliphatic heterocycles. The molecule has 0 saturated carbocycles. The number of aromatic nitrogens is 1. The average molecular weight is 374 g/mol. The molecule has 0 aliphatic carbocycles. The molecule has 0 saturated heterocycles. The fourth-order valence-corrected chi connectivity index (χ4v) is 2.76. The predicted molar refractivity (Wildman–Crippen MR) is 84.5 cm³/mol. The van der Waals surface area contributed by atoms with Crippen LogP contribution in [-0.4, -0.2) is 23.5 Å². The third-order valence-corrected chi connectivity index (χ3v) is 4.23. The van der Waals surface area contributed by atoms with Crippen LogP contribution in [0.3, 0.4) is 0 Å². The van der Waals surface area contributed by atoms with Crippen molar-refractivity contribution in [2.24, 2.45) is 10.7 Å². The van der Waals surface area contributed by atoms with Crippen molar-refractivity contribution < 1.29 is 22.3 Å². The number of benzene rings is 1. The number of ether oxygens (including phenoxy) is 1. The summed E-state index contributed by atoms with van der Waals surface area (Å²) >= 11 is 5.82. The Morgan fingerprint density at radius 1 is 1.16 bits per heavy atom. The summed E-state index contributed by atoms with van der Waals surface area (Å²) in [6.07, 6.45) is 2.61. The van der Waals surface area contributed by atoms with Crippen LogP contribution in [-0.2, 0) is 10.3 Å². The molecule has 2 N–H and O–H groups in total. The Bertz CT molecular complexity index is 874. The fourth-order valence-electron chi connectivity index (χ4n) is 2.59. The Morgan fingerprint density at radius 3 is 2.56 bits per heavy atom. The molecule has 9 heteroatoms. The van der Waals surface area contributed by atoms with Crippen LogP contribution in [0, 0.1) is 11.6 Å². The summed E-state index contributed by atoms with van der Waals surface area (Å²) in [7, 11) is 0. The van der Waals surface area contributed by atoms with Crippen LogP contribution < -0.4 is 5.73 Å². The molecule has 4 nitrogen and oxygen atoms in total. The Morgan fingerprint density at radius 2 is 1.88 bits per heavy atom. The van der Waals surface area contributed by atoms with Gasteiger partial charge in [-0.1, -0.05) is 11.6 Å². The minimum atomic E-state index is -3.56. The maximum absolute atomic E-state index is 14.4. The molecule has 0 amide bonds. The summed E-state index contributed by atoms with van der Waals surface area (Å²) < 4.78 is 62.4. The lowest BCUT2D eigenvalue weighted by atomic mass is 9.86. The zero-order chi connectivity index (χ0) is 18.4. The van der Waals surface area contributed by atoms with E-state index < -0.39 is 41.3 Å². The van der Waals surface area contributed by atoms with Gasteiger partial charge in [0.05, 0.1) is 5.02 Å². The van der Waals surface area contributed by atoms with E-state index in [1.54, 1.807) is 0 Å². The first-order chi connectivity index (χ1) is 11.6. The fraction of sp³-hybridized carbons (Fsp3) is 0.250. The Kier molecular flexibility index (Phi) is 4.10. The van der Waals surface area contributed by atoms with E-state index in [0.717, 1.165) is 13.0 Å². The van der Waals surface area contributed by atoms with Gasteiger partial charge < -0.3 is 10.5 Å². The summed E-state index contributed by atoms with van der Waals surface area (Å²) in [6.45, 7) is 0.00502. The molecule has 132 valence electrons. The van der Waals surface area contributed by atoms with E-state index >= 15 is 0 Å². The number of hydrogen-bond donors (Lipinski definition) is 1. The SMILES string of the molecule is C[C@]1(c2cc(-c3cncc(Cl)c3)c(F)cc2F)OC(N)=NCC1(F)F. The summed E-state index contributed by atoms with van der Waals surface area (Å²) in [5.74, 6) is -5.69. The summed E-state index contributed by atoms with van der Waals surface area (Å²) in [6, 6.07) is 2.35. The van der Waals surface area contributed by atoms with Crippen molar-refractivity contribution in [3.8, 4) is 11.1 Å². The Labute approximate surface area is 145 Å². The number of aliphatic imine (C=N–C) groups is 1. The lowest BCUT2D eigenvalue weighted by molar-refractivity contribution is -0.173. The van der Waals surface area contributed by atoms with Crippen LogP contribution >= 0.6 is 11.6 Å². The van der Waals surface area contributed by atoms with Crippen molar-refractivity contribution in [1.82, 2.24) is 4.98 Å². The zero-order valence-corrected chi connectivity index (χ0v) is 13.6. The largest absolute Gasteiger partial charge is 0.448 e. The number of rotatable bonds is 2. The highest BCUT2D eigenvalue weighted by molar-refractivity contribution is 6.30. The van der Waals surface area contributed by atoms with E-state index in [9.17, 15) is 17.6 Å². The minimum absolute atomic E-state index is 0.145. The van der Waals surface area contributed by atoms with Gasteiger partial charge in [-0.05, 0) is 19.1 Å². The maximum Gasteiger partial charge on any atom is 0.310 e. The molecule has 3 rings (SSSR count). The Hall–Kier alpha value is -2.35. The van der Waals surface area contributed by atoms with Crippen LogP contribution in [0.15, 0.2) is 35.6 Å². The highest BCUT2D eigenvalue weighted by Crippen LogP contribution is 2.45. The lowest BCUT2D eigenvalue weighted by Crippen LogP contribution is -2.53. The quantitative estimate of drug-likeness (QED) is 0.813. The molecule has 0 spiro atoms. The summed E-state index contributed by atoms with van der Waals surface area (Å²) in [5, 5.41) is 0.213. The standard InChI is InChI=1S/C16H12ClF4N3O/c1-15(16(20,21)7-24-14(22)25-15)11-3-10(12(18)4-13(11)19)8-2-9(17)6-23-5-8/h2-6H,7H2,1H3,(H2,22,24)/t15-/m1/s1. The van der Waals surface area contributed by atoms with Crippen LogP contribution in [0.25, 0.3) is 11.1 Å². The van der Waals surface area contributed by atoms with Crippen LogP contribution in [0.2, 0.25) is 5.02 Å². The van der Waals surface area contributed by atoms with Crippen LogP contribution in [0.4, 0.5) is 17.6 Å².